The van der Waals surface area contributed by atoms with Crippen LogP contribution in [0.4, 0.5) is 14.5 Å². The third-order valence-corrected chi connectivity index (χ3v) is 6.91. The van der Waals surface area contributed by atoms with Crippen LogP contribution in [0.2, 0.25) is 0 Å². The fourth-order valence-electron chi connectivity index (χ4n) is 4.80. The van der Waals surface area contributed by atoms with E-state index in [0.717, 1.165) is 23.4 Å². The molecule has 43 heavy (non-hydrogen) atoms. The molecule has 214 valence electrons. The largest absolute Gasteiger partial charge is 0.489 e. The lowest BCUT2D eigenvalue weighted by Crippen LogP contribution is -2.12. The third kappa shape index (κ3) is 5.87. The number of aryl methyl sites for hydroxylation is 1. The SMILES string of the molecule is Cn1cc(-c2cc(NC(=O)c3ccc(COc4ccccc4)cc3)ccc2Oc2ccc(F)cc2F)c2cc[nH]c(=O)c21. The number of carbonyl (C=O) groups is 1. The molecule has 2 aromatic heterocycles. The first kappa shape index (κ1) is 27.5. The van der Waals surface area contributed by atoms with Gasteiger partial charge >= 0.3 is 0 Å². The van der Waals surface area contributed by atoms with Crippen LogP contribution in [0, 0.1) is 11.6 Å². The Morgan fingerprint density at radius 2 is 1.65 bits per heavy atom. The maximum Gasteiger partial charge on any atom is 0.272 e. The lowest BCUT2D eigenvalue weighted by molar-refractivity contribution is 0.102. The summed E-state index contributed by atoms with van der Waals surface area (Å²) in [6, 6.07) is 26.2. The van der Waals surface area contributed by atoms with Crippen LogP contribution < -0.4 is 20.3 Å². The van der Waals surface area contributed by atoms with Crippen molar-refractivity contribution in [3.05, 3.63) is 143 Å². The number of aromatic nitrogens is 2. The van der Waals surface area contributed by atoms with E-state index in [-0.39, 0.29) is 23.0 Å². The molecule has 9 heteroatoms. The first-order valence-corrected chi connectivity index (χ1v) is 13.4. The molecule has 0 aliphatic carbocycles. The van der Waals surface area contributed by atoms with E-state index < -0.39 is 11.6 Å². The van der Waals surface area contributed by atoms with Crippen LogP contribution in [-0.4, -0.2) is 15.5 Å². The van der Waals surface area contributed by atoms with Crippen LogP contribution in [0.3, 0.4) is 0 Å². The monoisotopic (exact) mass is 577 g/mol. The van der Waals surface area contributed by atoms with Gasteiger partial charge in [-0.2, -0.15) is 0 Å². The highest BCUT2D eigenvalue weighted by molar-refractivity contribution is 6.05. The summed E-state index contributed by atoms with van der Waals surface area (Å²) < 4.78 is 41.4. The fourth-order valence-corrected chi connectivity index (χ4v) is 4.80. The molecule has 7 nitrogen and oxygen atoms in total. The maximum atomic E-state index is 14.5. The average molecular weight is 578 g/mol. The Hall–Kier alpha value is -5.70. The Labute approximate surface area is 245 Å². The molecule has 0 fully saturated rings. The number of rotatable bonds is 8. The summed E-state index contributed by atoms with van der Waals surface area (Å²) in [5, 5.41) is 3.53. The first-order chi connectivity index (χ1) is 20.9. The van der Waals surface area contributed by atoms with E-state index in [1.807, 2.05) is 42.5 Å². The van der Waals surface area contributed by atoms with Crippen molar-refractivity contribution in [3.8, 4) is 28.4 Å². The van der Waals surface area contributed by atoms with Crippen LogP contribution in [-0.2, 0) is 13.7 Å². The molecule has 4 aromatic carbocycles. The van der Waals surface area contributed by atoms with E-state index in [0.29, 0.717) is 39.9 Å². The van der Waals surface area contributed by atoms with Crippen LogP contribution in [0.1, 0.15) is 15.9 Å². The van der Waals surface area contributed by atoms with Gasteiger partial charge in [-0.15, -0.1) is 0 Å². The second kappa shape index (κ2) is 11.7. The molecule has 0 bridgehead atoms. The topological polar surface area (TPSA) is 85.3 Å². The predicted molar refractivity (Wildman–Crippen MR) is 161 cm³/mol. The van der Waals surface area contributed by atoms with Gasteiger partial charge in [0.15, 0.2) is 11.6 Å². The first-order valence-electron chi connectivity index (χ1n) is 13.4. The molecule has 0 unspecified atom stereocenters. The number of fused-ring (bicyclic) bond motifs is 1. The van der Waals surface area contributed by atoms with Gasteiger partial charge in [0.1, 0.15) is 29.4 Å². The number of para-hydroxylation sites is 1. The van der Waals surface area contributed by atoms with Crippen molar-refractivity contribution in [2.45, 2.75) is 6.61 Å². The molecule has 6 aromatic rings. The number of halogens is 2. The molecule has 2 N–H and O–H groups in total. The summed E-state index contributed by atoms with van der Waals surface area (Å²) in [5.41, 5.74) is 3.07. The molecular formula is C34H25F2N3O4. The van der Waals surface area contributed by atoms with Crippen molar-refractivity contribution in [2.75, 3.05) is 5.32 Å². The standard InChI is InChI=1S/C34H25F2N3O4/c1-39-19-28(26-15-16-37-34(41)32(26)39)27-18-24(12-14-30(27)43-31-13-11-23(35)17-29(31)36)38-33(40)22-9-7-21(8-10-22)20-42-25-5-3-2-4-6-25/h2-19H,20H2,1H3,(H,37,41)(H,38,40). The summed E-state index contributed by atoms with van der Waals surface area (Å²) in [6.07, 6.45) is 3.29. The van der Waals surface area contributed by atoms with Crippen molar-refractivity contribution < 1.29 is 23.0 Å². The number of nitrogens with one attached hydrogen (secondary N) is 2. The number of carbonyl (C=O) groups excluding carboxylic acids is 1. The molecular weight excluding hydrogens is 552 g/mol. The van der Waals surface area contributed by atoms with E-state index in [1.165, 1.54) is 12.3 Å². The molecule has 0 aliphatic rings. The minimum Gasteiger partial charge on any atom is -0.489 e. The minimum atomic E-state index is -0.865. The van der Waals surface area contributed by atoms with Crippen molar-refractivity contribution in [2.24, 2.45) is 7.05 Å². The number of ether oxygens (including phenoxy) is 2. The van der Waals surface area contributed by atoms with Gasteiger partial charge in [-0.3, -0.25) is 9.59 Å². The Kier molecular flexibility index (Phi) is 7.44. The van der Waals surface area contributed by atoms with E-state index >= 15 is 0 Å². The Bertz CT molecular complexity index is 2000. The number of aromatic amines is 1. The summed E-state index contributed by atoms with van der Waals surface area (Å²) in [5.74, 6) is -1.10. The van der Waals surface area contributed by atoms with Gasteiger partial charge in [0.05, 0.1) is 0 Å². The number of benzene rings is 4. The fraction of sp³-hybridized carbons (Fsp3) is 0.0588. The quantitative estimate of drug-likeness (QED) is 0.197. The number of nitrogens with zero attached hydrogens (tertiary/aromatic N) is 1. The van der Waals surface area contributed by atoms with Crippen molar-refractivity contribution in [1.82, 2.24) is 9.55 Å². The van der Waals surface area contributed by atoms with Crippen LogP contribution in [0.5, 0.6) is 17.2 Å². The zero-order valence-electron chi connectivity index (χ0n) is 22.9. The predicted octanol–water partition coefficient (Wildman–Crippen LogP) is 7.44. The number of hydrogen-bond donors (Lipinski definition) is 2. The maximum absolute atomic E-state index is 14.5. The second-order valence-corrected chi connectivity index (χ2v) is 9.86. The van der Waals surface area contributed by atoms with Gasteiger partial charge in [-0.25, -0.2) is 8.78 Å². The molecule has 0 radical (unpaired) electrons. The third-order valence-electron chi connectivity index (χ3n) is 6.91. The van der Waals surface area contributed by atoms with E-state index in [2.05, 4.69) is 10.3 Å². The smallest absolute Gasteiger partial charge is 0.272 e. The van der Waals surface area contributed by atoms with Crippen LogP contribution in [0.25, 0.3) is 22.0 Å². The highest BCUT2D eigenvalue weighted by Crippen LogP contribution is 2.39. The van der Waals surface area contributed by atoms with Crippen molar-refractivity contribution in [1.29, 1.82) is 0 Å². The summed E-state index contributed by atoms with van der Waals surface area (Å²) in [4.78, 5) is 28.4. The number of amides is 1. The second-order valence-electron chi connectivity index (χ2n) is 9.86. The molecule has 6 rings (SSSR count). The lowest BCUT2D eigenvalue weighted by atomic mass is 10.0. The summed E-state index contributed by atoms with van der Waals surface area (Å²) >= 11 is 0. The van der Waals surface area contributed by atoms with Crippen LogP contribution >= 0.6 is 0 Å². The minimum absolute atomic E-state index is 0.172. The molecule has 0 atom stereocenters. The molecule has 0 aliphatic heterocycles. The van der Waals surface area contributed by atoms with Gasteiger partial charge in [-0.05, 0) is 66.2 Å². The zero-order chi connectivity index (χ0) is 29.9. The highest BCUT2D eigenvalue weighted by Gasteiger charge is 2.18. The number of anilines is 1. The molecule has 0 spiro atoms. The number of pyridine rings is 1. The zero-order valence-corrected chi connectivity index (χ0v) is 22.9. The molecule has 1 amide bonds. The molecule has 0 saturated heterocycles. The van der Waals surface area contributed by atoms with E-state index in [9.17, 15) is 18.4 Å². The van der Waals surface area contributed by atoms with Gasteiger partial charge in [0.25, 0.3) is 11.5 Å². The van der Waals surface area contributed by atoms with Crippen molar-refractivity contribution in [3.63, 3.8) is 0 Å². The lowest BCUT2D eigenvalue weighted by Gasteiger charge is -2.14. The van der Waals surface area contributed by atoms with E-state index in [1.54, 1.807) is 54.2 Å². The van der Waals surface area contributed by atoms with Gasteiger partial charge in [-0.1, -0.05) is 30.3 Å². The van der Waals surface area contributed by atoms with E-state index in [4.69, 9.17) is 9.47 Å². The van der Waals surface area contributed by atoms with Crippen molar-refractivity contribution >= 4 is 22.5 Å². The van der Waals surface area contributed by atoms with Gasteiger partial charge < -0.3 is 24.3 Å². The highest BCUT2D eigenvalue weighted by atomic mass is 19.1. The Balaban J connectivity index is 1.30. The van der Waals surface area contributed by atoms with Gasteiger partial charge in [0, 0.05) is 53.3 Å². The van der Waals surface area contributed by atoms with Crippen LogP contribution in [0.15, 0.2) is 114 Å². The number of hydrogen-bond acceptors (Lipinski definition) is 4. The average Bonchev–Trinajstić information content (AvgIpc) is 3.36. The summed E-state index contributed by atoms with van der Waals surface area (Å²) in [7, 11) is 1.74. The Morgan fingerprint density at radius 1 is 0.884 bits per heavy atom. The van der Waals surface area contributed by atoms with Gasteiger partial charge in [0.2, 0.25) is 0 Å². The molecule has 2 heterocycles. The Morgan fingerprint density at radius 3 is 2.42 bits per heavy atom. The molecule has 0 saturated carbocycles. The summed E-state index contributed by atoms with van der Waals surface area (Å²) in [6.45, 7) is 0.360. The number of H-pyrrole nitrogens is 1. The normalized spacial score (nSPS) is 11.0.